The second kappa shape index (κ2) is 14.9. The van der Waals surface area contributed by atoms with E-state index in [-0.39, 0.29) is 24.0 Å². The summed E-state index contributed by atoms with van der Waals surface area (Å²) in [5, 5.41) is 9.19. The van der Waals surface area contributed by atoms with Crippen LogP contribution in [0, 0.1) is 18.8 Å². The summed E-state index contributed by atoms with van der Waals surface area (Å²) in [7, 11) is -6.85. The first-order valence-electron chi connectivity index (χ1n) is 11.3. The Bertz CT molecular complexity index is 1050. The SMILES string of the molecule is C#C.CC(C)CN(CCO)S(=O)(=O)c1ccc(N2CCN(S(C)(=O)=O)CC2)cc1.c1ccccc1. The van der Waals surface area contributed by atoms with E-state index in [1.807, 2.05) is 55.1 Å². The summed E-state index contributed by atoms with van der Waals surface area (Å²) in [6, 6.07) is 18.6. The minimum Gasteiger partial charge on any atom is -0.395 e. The minimum atomic E-state index is -3.67. The smallest absolute Gasteiger partial charge is 0.243 e. The molecule has 1 aliphatic rings. The third-order valence-electron chi connectivity index (χ3n) is 5.13. The lowest BCUT2D eigenvalue weighted by atomic mass is 10.2. The van der Waals surface area contributed by atoms with Gasteiger partial charge in [0.15, 0.2) is 0 Å². The molecule has 8 nitrogen and oxygen atoms in total. The van der Waals surface area contributed by atoms with Gasteiger partial charge in [0.05, 0.1) is 17.8 Å². The molecule has 194 valence electrons. The maximum absolute atomic E-state index is 12.8. The Balaban J connectivity index is 0.000000654. The fourth-order valence-corrected chi connectivity index (χ4v) is 5.89. The molecule has 2 aromatic rings. The van der Waals surface area contributed by atoms with Crippen molar-refractivity contribution < 1.29 is 21.9 Å². The van der Waals surface area contributed by atoms with Gasteiger partial charge in [-0.05, 0) is 30.2 Å². The number of nitrogens with zero attached hydrogens (tertiary/aromatic N) is 3. The monoisotopic (exact) mass is 523 g/mol. The number of aliphatic hydroxyl groups excluding tert-OH is 1. The van der Waals surface area contributed by atoms with E-state index < -0.39 is 20.0 Å². The number of aliphatic hydroxyl groups is 1. The molecule has 1 N–H and O–H groups in total. The van der Waals surface area contributed by atoms with Crippen molar-refractivity contribution in [1.29, 1.82) is 0 Å². The lowest BCUT2D eigenvalue weighted by Crippen LogP contribution is -2.48. The van der Waals surface area contributed by atoms with Crippen LogP contribution < -0.4 is 4.90 Å². The molecule has 0 unspecified atom stereocenters. The average molecular weight is 524 g/mol. The molecule has 0 bridgehead atoms. The van der Waals surface area contributed by atoms with Crippen LogP contribution in [0.2, 0.25) is 0 Å². The van der Waals surface area contributed by atoms with Crippen molar-refractivity contribution in [2.24, 2.45) is 5.92 Å². The quantitative estimate of drug-likeness (QED) is 0.534. The summed E-state index contributed by atoms with van der Waals surface area (Å²) in [5.41, 5.74) is 0.861. The first kappa shape index (κ1) is 30.6. The molecule has 1 aliphatic heterocycles. The summed E-state index contributed by atoms with van der Waals surface area (Å²) in [6.45, 7) is 5.99. The van der Waals surface area contributed by atoms with Crippen LogP contribution in [0.4, 0.5) is 5.69 Å². The van der Waals surface area contributed by atoms with Gasteiger partial charge in [-0.3, -0.25) is 0 Å². The van der Waals surface area contributed by atoms with Gasteiger partial charge >= 0.3 is 0 Å². The highest BCUT2D eigenvalue weighted by atomic mass is 32.2. The molecule has 1 heterocycles. The molecule has 0 amide bonds. The minimum absolute atomic E-state index is 0.0652. The molecule has 0 spiro atoms. The third kappa shape index (κ3) is 9.99. The van der Waals surface area contributed by atoms with Crippen molar-refractivity contribution in [3.05, 3.63) is 60.7 Å². The molecule has 35 heavy (non-hydrogen) atoms. The van der Waals surface area contributed by atoms with Gasteiger partial charge in [-0.25, -0.2) is 16.8 Å². The second-order valence-corrected chi connectivity index (χ2v) is 12.2. The fourth-order valence-electron chi connectivity index (χ4n) is 3.47. The molecule has 10 heteroatoms. The van der Waals surface area contributed by atoms with E-state index >= 15 is 0 Å². The van der Waals surface area contributed by atoms with E-state index in [2.05, 4.69) is 12.8 Å². The maximum Gasteiger partial charge on any atom is 0.243 e. The second-order valence-electron chi connectivity index (χ2n) is 8.28. The van der Waals surface area contributed by atoms with Gasteiger partial charge in [-0.15, -0.1) is 12.8 Å². The van der Waals surface area contributed by atoms with Gasteiger partial charge in [0.1, 0.15) is 0 Å². The Hall–Kier alpha value is -2.42. The Kier molecular flexibility index (Phi) is 13.0. The molecular weight excluding hydrogens is 486 g/mol. The largest absolute Gasteiger partial charge is 0.395 e. The van der Waals surface area contributed by atoms with Crippen molar-refractivity contribution in [3.8, 4) is 12.8 Å². The van der Waals surface area contributed by atoms with Gasteiger partial charge < -0.3 is 10.0 Å². The van der Waals surface area contributed by atoms with E-state index in [4.69, 9.17) is 0 Å². The van der Waals surface area contributed by atoms with Gasteiger partial charge in [-0.1, -0.05) is 50.2 Å². The van der Waals surface area contributed by atoms with E-state index in [0.717, 1.165) is 5.69 Å². The molecule has 0 aliphatic carbocycles. The molecule has 1 saturated heterocycles. The lowest BCUT2D eigenvalue weighted by Gasteiger charge is -2.34. The average Bonchev–Trinajstić information content (AvgIpc) is 2.86. The van der Waals surface area contributed by atoms with Crippen LogP contribution in [-0.2, 0) is 20.0 Å². The van der Waals surface area contributed by atoms with Crippen LogP contribution in [0.15, 0.2) is 65.6 Å². The highest BCUT2D eigenvalue weighted by Crippen LogP contribution is 2.23. The zero-order chi connectivity index (χ0) is 26.5. The van der Waals surface area contributed by atoms with E-state index in [9.17, 15) is 21.9 Å². The zero-order valence-electron chi connectivity index (χ0n) is 20.7. The van der Waals surface area contributed by atoms with Gasteiger partial charge in [0.2, 0.25) is 20.0 Å². The van der Waals surface area contributed by atoms with Crippen molar-refractivity contribution in [1.82, 2.24) is 8.61 Å². The Labute approximate surface area is 211 Å². The molecule has 0 saturated carbocycles. The van der Waals surface area contributed by atoms with E-state index in [1.165, 1.54) is 14.9 Å². The van der Waals surface area contributed by atoms with Crippen molar-refractivity contribution >= 4 is 25.7 Å². The van der Waals surface area contributed by atoms with Crippen LogP contribution >= 0.6 is 0 Å². The predicted molar refractivity (Wildman–Crippen MR) is 142 cm³/mol. The van der Waals surface area contributed by atoms with Crippen molar-refractivity contribution in [2.75, 3.05) is 57.0 Å². The predicted octanol–water partition coefficient (Wildman–Crippen LogP) is 2.34. The number of piperazine rings is 1. The molecule has 0 atom stereocenters. The molecule has 1 fully saturated rings. The Morgan fingerprint density at radius 2 is 1.34 bits per heavy atom. The number of anilines is 1. The molecule has 3 rings (SSSR count). The molecule has 2 aromatic carbocycles. The standard InChI is InChI=1S/C17H29N3O5S2.C6H6.C2H2/c1-15(2)14-20(12-13-21)27(24,25)17-6-4-16(5-7-17)18-8-10-19(11-9-18)26(3,22)23;1-2-4-6-5-3-1;1-2/h4-7,15,21H,8-14H2,1-3H3;1-6H;1-2H. The lowest BCUT2D eigenvalue weighted by molar-refractivity contribution is 0.244. The first-order chi connectivity index (χ1) is 16.6. The Morgan fingerprint density at radius 3 is 1.71 bits per heavy atom. The van der Waals surface area contributed by atoms with Gasteiger partial charge in [-0.2, -0.15) is 8.61 Å². The number of hydrogen-bond acceptors (Lipinski definition) is 6. The van der Waals surface area contributed by atoms with Crippen LogP contribution in [0.1, 0.15) is 13.8 Å². The highest BCUT2D eigenvalue weighted by molar-refractivity contribution is 7.89. The van der Waals surface area contributed by atoms with Crippen LogP contribution in [0.5, 0.6) is 0 Å². The van der Waals surface area contributed by atoms with Crippen LogP contribution in [0.25, 0.3) is 0 Å². The summed E-state index contributed by atoms with van der Waals surface area (Å²) >= 11 is 0. The van der Waals surface area contributed by atoms with E-state index in [1.54, 1.807) is 24.3 Å². The number of rotatable bonds is 8. The van der Waals surface area contributed by atoms with Gasteiger partial charge in [0, 0.05) is 45.0 Å². The van der Waals surface area contributed by atoms with Gasteiger partial charge in [0.25, 0.3) is 0 Å². The maximum atomic E-state index is 12.8. The zero-order valence-corrected chi connectivity index (χ0v) is 22.3. The third-order valence-corrected chi connectivity index (χ3v) is 8.31. The first-order valence-corrected chi connectivity index (χ1v) is 14.6. The van der Waals surface area contributed by atoms with Crippen molar-refractivity contribution in [3.63, 3.8) is 0 Å². The summed E-state index contributed by atoms with van der Waals surface area (Å²) in [6.07, 6.45) is 9.21. The number of benzene rings is 2. The number of terminal acetylenes is 1. The van der Waals surface area contributed by atoms with Crippen LogP contribution in [0.3, 0.4) is 0 Å². The summed E-state index contributed by atoms with van der Waals surface area (Å²) < 4.78 is 51.6. The number of hydrogen-bond donors (Lipinski definition) is 1. The molecular formula is C25H37N3O5S2. The topological polar surface area (TPSA) is 98.2 Å². The summed E-state index contributed by atoms with van der Waals surface area (Å²) in [5.74, 6) is 0.150. The number of sulfonamides is 2. The molecule has 0 aromatic heterocycles. The highest BCUT2D eigenvalue weighted by Gasteiger charge is 2.26. The van der Waals surface area contributed by atoms with Crippen molar-refractivity contribution in [2.45, 2.75) is 18.7 Å². The molecule has 0 radical (unpaired) electrons. The Morgan fingerprint density at radius 1 is 0.886 bits per heavy atom. The normalized spacial score (nSPS) is 14.6. The van der Waals surface area contributed by atoms with E-state index in [0.29, 0.717) is 32.7 Å². The summed E-state index contributed by atoms with van der Waals surface area (Å²) in [4.78, 5) is 2.23. The van der Waals surface area contributed by atoms with Crippen LogP contribution in [-0.4, -0.2) is 82.7 Å². The fraction of sp³-hybridized carbons (Fsp3) is 0.440.